The van der Waals surface area contributed by atoms with Gasteiger partial charge in [0.15, 0.2) is 0 Å². The first-order valence-corrected chi connectivity index (χ1v) is 19.1. The van der Waals surface area contributed by atoms with Crippen molar-refractivity contribution in [2.24, 2.45) is 0 Å². The Hall–Kier alpha value is -1.13. The lowest BCUT2D eigenvalue weighted by Crippen LogP contribution is -2.45. The van der Waals surface area contributed by atoms with Crippen LogP contribution in [0.2, 0.25) is 0 Å². The van der Waals surface area contributed by atoms with Gasteiger partial charge in [-0.15, -0.1) is 0 Å². The number of carbonyl (C=O) groups excluding carboxylic acids is 1. The minimum absolute atomic E-state index is 0.0751. The van der Waals surface area contributed by atoms with Crippen LogP contribution in [0.5, 0.6) is 0 Å². The van der Waals surface area contributed by atoms with E-state index in [-0.39, 0.29) is 12.5 Å². The highest BCUT2D eigenvalue weighted by Gasteiger charge is 2.17. The van der Waals surface area contributed by atoms with Crippen molar-refractivity contribution in [2.75, 3.05) is 6.61 Å². The third kappa shape index (κ3) is 32.1. The average molecular weight is 606 g/mol. The van der Waals surface area contributed by atoms with Gasteiger partial charge in [0, 0.05) is 6.42 Å². The van der Waals surface area contributed by atoms with Crippen LogP contribution in [0, 0.1) is 0 Å². The lowest BCUT2D eigenvalue weighted by molar-refractivity contribution is -0.123. The van der Waals surface area contributed by atoms with Crippen LogP contribution in [-0.4, -0.2) is 34.9 Å². The Balaban J connectivity index is 3.57. The average Bonchev–Trinajstić information content (AvgIpc) is 3.01. The minimum atomic E-state index is -0.838. The first-order chi connectivity index (χ1) is 21.2. The first-order valence-electron chi connectivity index (χ1n) is 19.1. The molecule has 0 fully saturated rings. The summed E-state index contributed by atoms with van der Waals surface area (Å²) in [6.07, 6.45) is 44.1. The molecule has 0 aromatic carbocycles. The third-order valence-corrected chi connectivity index (χ3v) is 8.68. The van der Waals surface area contributed by atoms with Crippen LogP contribution in [0.1, 0.15) is 200 Å². The van der Waals surface area contributed by atoms with Crippen molar-refractivity contribution in [2.45, 2.75) is 212 Å². The highest BCUT2D eigenvalue weighted by Crippen LogP contribution is 2.15. The summed E-state index contributed by atoms with van der Waals surface area (Å²) in [4.78, 5) is 12.3. The number of rotatable bonds is 34. The molecular weight excluding hydrogens is 530 g/mol. The predicted octanol–water partition coefficient (Wildman–Crippen LogP) is 11.3. The molecule has 4 heteroatoms. The van der Waals surface area contributed by atoms with E-state index in [1.54, 1.807) is 6.08 Å². The van der Waals surface area contributed by atoms with Crippen molar-refractivity contribution < 1.29 is 15.0 Å². The minimum Gasteiger partial charge on any atom is -0.394 e. The van der Waals surface area contributed by atoms with Gasteiger partial charge in [-0.25, -0.2) is 0 Å². The Morgan fingerprint density at radius 3 is 1.35 bits per heavy atom. The van der Waals surface area contributed by atoms with Crippen LogP contribution in [0.4, 0.5) is 0 Å². The maximum Gasteiger partial charge on any atom is 0.220 e. The van der Waals surface area contributed by atoms with Crippen molar-refractivity contribution in [1.29, 1.82) is 0 Å². The second-order valence-corrected chi connectivity index (χ2v) is 13.0. The van der Waals surface area contributed by atoms with E-state index in [2.05, 4.69) is 31.3 Å². The molecule has 0 aliphatic rings. The van der Waals surface area contributed by atoms with Gasteiger partial charge in [-0.2, -0.15) is 0 Å². The van der Waals surface area contributed by atoms with E-state index in [0.717, 1.165) is 38.5 Å². The largest absolute Gasteiger partial charge is 0.394 e. The number of hydrogen-bond acceptors (Lipinski definition) is 3. The van der Waals surface area contributed by atoms with Crippen LogP contribution < -0.4 is 5.32 Å². The summed E-state index contributed by atoms with van der Waals surface area (Å²) in [6.45, 7) is 4.26. The van der Waals surface area contributed by atoms with Gasteiger partial charge in [-0.1, -0.05) is 179 Å². The van der Waals surface area contributed by atoms with Gasteiger partial charge in [0.1, 0.15) is 0 Å². The molecular formula is C39H75NO3. The highest BCUT2D eigenvalue weighted by atomic mass is 16.3. The zero-order valence-corrected chi connectivity index (χ0v) is 29.0. The molecule has 4 nitrogen and oxygen atoms in total. The molecule has 2 unspecified atom stereocenters. The second kappa shape index (κ2) is 35.4. The highest BCUT2D eigenvalue weighted by molar-refractivity contribution is 5.76. The number of nitrogens with one attached hydrogen (secondary N) is 1. The van der Waals surface area contributed by atoms with Gasteiger partial charge in [-0.05, 0) is 38.5 Å². The normalized spacial score (nSPS) is 13.3. The summed E-state index contributed by atoms with van der Waals surface area (Å²) < 4.78 is 0. The van der Waals surface area contributed by atoms with Crippen LogP contribution in [0.15, 0.2) is 24.3 Å². The Morgan fingerprint density at radius 1 is 0.535 bits per heavy atom. The summed E-state index contributed by atoms with van der Waals surface area (Å²) in [5, 5.41) is 22.9. The number of allylic oxidation sites excluding steroid dienone is 3. The molecule has 0 saturated heterocycles. The Kier molecular flexibility index (Phi) is 34.4. The lowest BCUT2D eigenvalue weighted by atomic mass is 10.0. The quantitative estimate of drug-likeness (QED) is 0.0505. The molecule has 2 atom stereocenters. The summed E-state index contributed by atoms with van der Waals surface area (Å²) in [6, 6.07) is -0.622. The zero-order chi connectivity index (χ0) is 31.5. The molecule has 0 aliphatic heterocycles. The van der Waals surface area contributed by atoms with E-state index in [1.165, 1.54) is 141 Å². The molecule has 0 rings (SSSR count). The van der Waals surface area contributed by atoms with Gasteiger partial charge in [0.2, 0.25) is 5.91 Å². The number of amides is 1. The van der Waals surface area contributed by atoms with Gasteiger partial charge < -0.3 is 15.5 Å². The van der Waals surface area contributed by atoms with E-state index in [9.17, 15) is 15.0 Å². The molecule has 0 saturated carbocycles. The van der Waals surface area contributed by atoms with Gasteiger partial charge >= 0.3 is 0 Å². The summed E-state index contributed by atoms with van der Waals surface area (Å²) >= 11 is 0. The predicted molar refractivity (Wildman–Crippen MR) is 189 cm³/mol. The van der Waals surface area contributed by atoms with Crippen LogP contribution in [0.25, 0.3) is 0 Å². The molecule has 0 aliphatic carbocycles. The molecule has 0 spiro atoms. The topological polar surface area (TPSA) is 69.6 Å². The van der Waals surface area contributed by atoms with E-state index in [0.29, 0.717) is 6.42 Å². The van der Waals surface area contributed by atoms with E-state index in [1.807, 2.05) is 6.08 Å². The SMILES string of the molecule is CCCC/C=C\CCCCCCCC(=O)NC(CO)C(O)/C=C/CCCCCCCCCCCCCCCCCCCC. The maximum absolute atomic E-state index is 12.3. The smallest absolute Gasteiger partial charge is 0.220 e. The molecule has 0 aromatic heterocycles. The number of unbranched alkanes of at least 4 members (excludes halogenated alkanes) is 25. The van der Waals surface area contributed by atoms with Crippen molar-refractivity contribution >= 4 is 5.91 Å². The first kappa shape index (κ1) is 41.9. The van der Waals surface area contributed by atoms with Crippen molar-refractivity contribution in [3.05, 3.63) is 24.3 Å². The fourth-order valence-corrected chi connectivity index (χ4v) is 5.69. The fourth-order valence-electron chi connectivity index (χ4n) is 5.69. The van der Waals surface area contributed by atoms with Gasteiger partial charge in [0.25, 0.3) is 0 Å². The third-order valence-electron chi connectivity index (χ3n) is 8.68. The summed E-state index contributed by atoms with van der Waals surface area (Å²) in [7, 11) is 0. The van der Waals surface area contributed by atoms with E-state index in [4.69, 9.17) is 0 Å². The zero-order valence-electron chi connectivity index (χ0n) is 29.0. The molecule has 43 heavy (non-hydrogen) atoms. The van der Waals surface area contributed by atoms with Crippen LogP contribution in [-0.2, 0) is 4.79 Å². The number of carbonyl (C=O) groups is 1. The summed E-state index contributed by atoms with van der Waals surface area (Å²) in [5.74, 6) is -0.0751. The van der Waals surface area contributed by atoms with Gasteiger partial charge in [-0.3, -0.25) is 4.79 Å². The van der Waals surface area contributed by atoms with Crippen molar-refractivity contribution in [1.82, 2.24) is 5.32 Å². The monoisotopic (exact) mass is 606 g/mol. The summed E-state index contributed by atoms with van der Waals surface area (Å²) in [5.41, 5.74) is 0. The maximum atomic E-state index is 12.3. The Morgan fingerprint density at radius 2 is 0.907 bits per heavy atom. The lowest BCUT2D eigenvalue weighted by Gasteiger charge is -2.20. The molecule has 0 aromatic rings. The molecule has 254 valence electrons. The van der Waals surface area contributed by atoms with Crippen LogP contribution >= 0.6 is 0 Å². The Labute approximate surface area is 269 Å². The van der Waals surface area contributed by atoms with E-state index < -0.39 is 12.1 Å². The fraction of sp³-hybridized carbons (Fsp3) is 0.872. The molecule has 0 radical (unpaired) electrons. The molecule has 0 heterocycles. The molecule has 0 bridgehead atoms. The van der Waals surface area contributed by atoms with Crippen LogP contribution in [0.3, 0.4) is 0 Å². The number of aliphatic hydroxyl groups excluding tert-OH is 2. The molecule has 3 N–H and O–H groups in total. The number of hydrogen-bond donors (Lipinski definition) is 3. The number of aliphatic hydroxyl groups is 2. The Bertz CT molecular complexity index is 618. The molecule has 1 amide bonds. The van der Waals surface area contributed by atoms with Crippen molar-refractivity contribution in [3.63, 3.8) is 0 Å². The van der Waals surface area contributed by atoms with E-state index >= 15 is 0 Å². The second-order valence-electron chi connectivity index (χ2n) is 13.0. The van der Waals surface area contributed by atoms with Crippen molar-refractivity contribution in [3.8, 4) is 0 Å². The standard InChI is InChI=1S/C39H75NO3/c1-3-5-7-9-11-13-15-16-17-18-19-20-21-22-23-25-26-28-30-32-34-38(42)37(36-41)40-39(43)35-33-31-29-27-24-14-12-10-8-6-4-2/h10,12,32,34,37-38,41-42H,3-9,11,13-31,33,35-36H2,1-2H3,(H,40,43)/b12-10-,34-32+. The van der Waals surface area contributed by atoms with Gasteiger partial charge in [0.05, 0.1) is 18.8 Å².